The average Bonchev–Trinajstić information content (AvgIpc) is 3.50. The van der Waals surface area contributed by atoms with Crippen LogP contribution in [0.25, 0.3) is 36.4 Å². The smallest absolute Gasteiger partial charge is 0.149 e. The lowest BCUT2D eigenvalue weighted by Gasteiger charge is -2.12. The van der Waals surface area contributed by atoms with Crippen molar-refractivity contribution >= 4 is 117 Å². The number of rotatable bonds is 5. The number of hydrogen-bond acceptors (Lipinski definition) is 8. The number of aromatic nitrogens is 3. The van der Waals surface area contributed by atoms with Gasteiger partial charge in [0.25, 0.3) is 0 Å². The molecule has 0 N–H and O–H groups in total. The van der Waals surface area contributed by atoms with Gasteiger partial charge in [0, 0.05) is 38.2 Å². The van der Waals surface area contributed by atoms with E-state index in [0.29, 0.717) is 0 Å². The summed E-state index contributed by atoms with van der Waals surface area (Å²) >= 11 is 4.61. The van der Waals surface area contributed by atoms with Crippen LogP contribution < -0.4 is 0 Å². The zero-order valence-electron chi connectivity index (χ0n) is 17.7. The molecule has 0 bridgehead atoms. The summed E-state index contributed by atoms with van der Waals surface area (Å²) in [4.78, 5) is 25.3. The fourth-order valence-electron chi connectivity index (χ4n) is 3.31. The molecule has 0 saturated heterocycles. The molecule has 0 spiro atoms. The predicted octanol–water partition coefficient (Wildman–Crippen LogP) is 7.89. The van der Waals surface area contributed by atoms with E-state index < -0.39 is 0 Å². The summed E-state index contributed by atoms with van der Waals surface area (Å²) in [5, 5.41) is 4.04. The zero-order valence-corrected chi connectivity index (χ0v) is 24.5. The zero-order chi connectivity index (χ0) is 23.1. The monoisotopic (exact) mass is 723 g/mol. The number of hydrogen-bond donors (Lipinski definition) is 0. The molecule has 0 fully saturated rings. The van der Waals surface area contributed by atoms with Crippen molar-refractivity contribution < 1.29 is 0 Å². The van der Waals surface area contributed by atoms with E-state index in [9.17, 15) is 0 Å². The van der Waals surface area contributed by atoms with Crippen LogP contribution in [-0.4, -0.2) is 35.4 Å². The largest absolute Gasteiger partial charge is 0.248 e. The molecule has 0 radical (unpaired) electrons. The second kappa shape index (κ2) is 9.72. The van der Waals surface area contributed by atoms with Gasteiger partial charge in [-0.1, -0.05) is 82.5 Å². The van der Waals surface area contributed by atoms with Gasteiger partial charge >= 0.3 is 0 Å². The Bertz CT molecular complexity index is 1560. The summed E-state index contributed by atoms with van der Waals surface area (Å²) in [7, 11) is 0. The highest BCUT2D eigenvalue weighted by Gasteiger charge is 2.17. The second-order valence-corrected chi connectivity index (χ2v) is 15.5. The van der Waals surface area contributed by atoms with Crippen LogP contribution >= 0.6 is 75.9 Å². The Morgan fingerprint density at radius 2 is 1.76 bits per heavy atom. The van der Waals surface area contributed by atoms with Crippen molar-refractivity contribution in [1.29, 1.82) is 0 Å². The van der Waals surface area contributed by atoms with Crippen LogP contribution in [-0.2, 0) is 0 Å². The molecule has 2 aliphatic heterocycles. The molecule has 0 aliphatic carbocycles. The van der Waals surface area contributed by atoms with Gasteiger partial charge in [-0.25, -0.2) is 24.9 Å². The summed E-state index contributed by atoms with van der Waals surface area (Å²) < 4.78 is 6.85. The Kier molecular flexibility index (Phi) is 6.49. The number of benzene rings is 1. The minimum Gasteiger partial charge on any atom is -0.248 e. The second-order valence-electron chi connectivity index (χ2n) is 7.15. The Morgan fingerprint density at radius 1 is 0.971 bits per heavy atom. The molecule has 3 aromatic heterocycles. The third-order valence-electron chi connectivity index (χ3n) is 4.89. The lowest BCUT2D eigenvalue weighted by molar-refractivity contribution is 1.34. The summed E-state index contributed by atoms with van der Waals surface area (Å²) in [6.07, 6.45) is 5.64. The minimum atomic E-state index is -0.218. The first-order valence-electron chi connectivity index (χ1n) is 10.1. The average molecular weight is 723 g/mol. The molecule has 5 nitrogen and oxygen atoms in total. The van der Waals surface area contributed by atoms with E-state index in [1.54, 1.807) is 34.4 Å². The Hall–Kier alpha value is -1.74. The Morgan fingerprint density at radius 3 is 2.56 bits per heavy atom. The molecule has 5 heterocycles. The van der Waals surface area contributed by atoms with E-state index in [4.69, 9.17) is 9.97 Å². The molecule has 0 atom stereocenters. The summed E-state index contributed by atoms with van der Waals surface area (Å²) in [5.74, 6) is 0. The van der Waals surface area contributed by atoms with Crippen LogP contribution in [0, 0.1) is 3.70 Å². The van der Waals surface area contributed by atoms with E-state index in [-0.39, 0.29) is 41.5 Å². The standard InChI is InChI=1S/C24H15I2N5S3/c1-13-20(28-8-5-25-13)32-14(2)15-10-16(21-30-18-4-3-7-27-23(18)33-21)12-17(11-15)22-31-19-24(34-22)29-9-6-26-19/h3-12H,2H2,1H3. The molecular formula is C24H15I2N5S3. The van der Waals surface area contributed by atoms with Crippen molar-refractivity contribution in [3.8, 4) is 21.1 Å². The van der Waals surface area contributed by atoms with Crippen molar-refractivity contribution in [2.24, 2.45) is 9.98 Å². The first-order valence-corrected chi connectivity index (χ1v) is 17.2. The first-order chi connectivity index (χ1) is 16.6. The third kappa shape index (κ3) is 4.57. The molecule has 1 aromatic carbocycles. The maximum atomic E-state index is 4.95. The van der Waals surface area contributed by atoms with E-state index in [0.717, 1.165) is 55.7 Å². The van der Waals surface area contributed by atoms with E-state index >= 15 is 0 Å². The summed E-state index contributed by atoms with van der Waals surface area (Å²) in [6, 6.07) is 10.5. The van der Waals surface area contributed by atoms with Crippen molar-refractivity contribution in [3.05, 3.63) is 61.0 Å². The quantitative estimate of drug-likeness (QED) is 0.197. The van der Waals surface area contributed by atoms with Gasteiger partial charge in [-0.3, -0.25) is 0 Å². The molecule has 34 heavy (non-hydrogen) atoms. The van der Waals surface area contributed by atoms with Gasteiger partial charge in [0.2, 0.25) is 0 Å². The molecule has 0 unspecified atom stereocenters. The number of allylic oxidation sites excluding steroid dienone is 1. The van der Waals surface area contributed by atoms with Gasteiger partial charge in [0.1, 0.15) is 34.1 Å². The number of aliphatic imine (C=N–C) groups is 2. The topological polar surface area (TPSA) is 63.4 Å². The maximum Gasteiger partial charge on any atom is 0.149 e. The lowest BCUT2D eigenvalue weighted by atomic mass is 10.1. The van der Waals surface area contributed by atoms with Crippen LogP contribution in [0.1, 0.15) is 12.5 Å². The van der Waals surface area contributed by atoms with Crippen LogP contribution in [0.15, 0.2) is 61.7 Å². The van der Waals surface area contributed by atoms with Crippen molar-refractivity contribution in [2.75, 3.05) is 0 Å². The predicted molar refractivity (Wildman–Crippen MR) is 169 cm³/mol. The first kappa shape index (κ1) is 22.7. The number of fused-ring (bicyclic) bond motifs is 2. The van der Waals surface area contributed by atoms with Crippen molar-refractivity contribution in [2.45, 2.75) is 6.92 Å². The molecule has 2 aliphatic rings. The van der Waals surface area contributed by atoms with Crippen molar-refractivity contribution in [1.82, 2.24) is 15.0 Å². The Labute approximate surface area is 228 Å². The fraction of sp³-hybridized carbons (Fsp3) is 0.0417. The number of halogens is 2. The van der Waals surface area contributed by atoms with E-state index in [1.165, 1.54) is 3.58 Å². The molecule has 10 heteroatoms. The molecule has 4 aromatic rings. The van der Waals surface area contributed by atoms with Crippen LogP contribution in [0.5, 0.6) is 0 Å². The highest BCUT2D eigenvalue weighted by Crippen LogP contribution is 2.43. The van der Waals surface area contributed by atoms with E-state index in [1.807, 2.05) is 30.8 Å². The number of thioether (sulfide) groups is 1. The number of nitrogens with zero attached hydrogens (tertiary/aromatic N) is 5. The molecule has 168 valence electrons. The molecular weight excluding hydrogens is 708 g/mol. The van der Waals surface area contributed by atoms with Gasteiger partial charge in [-0.2, -0.15) is 0 Å². The molecule has 6 rings (SSSR count). The SMILES string of the molecule is C=C(SC1=C(C)I=CC=N1)c1cc(-c2nc3c(s2)N=CC=I3)cc(-c2nc3cccnc3s2)c1. The van der Waals surface area contributed by atoms with Crippen LogP contribution in [0.4, 0.5) is 5.00 Å². The minimum absolute atomic E-state index is 0.0815. The third-order valence-corrected chi connectivity index (χ3v) is 12.9. The molecule has 0 saturated carbocycles. The highest BCUT2D eigenvalue weighted by atomic mass is 127. The van der Waals surface area contributed by atoms with Gasteiger partial charge in [0.05, 0.1) is 0 Å². The molecule has 0 amide bonds. The van der Waals surface area contributed by atoms with Crippen LogP contribution in [0.2, 0.25) is 0 Å². The highest BCUT2D eigenvalue weighted by molar-refractivity contribution is 14.2. The van der Waals surface area contributed by atoms with Gasteiger partial charge in [0.15, 0.2) is 0 Å². The Balaban J connectivity index is 1.46. The normalized spacial score (nSPS) is 14.7. The number of thiazole rings is 2. The summed E-state index contributed by atoms with van der Waals surface area (Å²) in [5.41, 5.74) is 4.10. The van der Waals surface area contributed by atoms with Gasteiger partial charge in [-0.05, 0) is 50.8 Å². The van der Waals surface area contributed by atoms with Crippen molar-refractivity contribution in [3.63, 3.8) is 0 Å². The van der Waals surface area contributed by atoms with Crippen LogP contribution in [0.3, 0.4) is 0 Å². The number of pyridine rings is 1. The lowest BCUT2D eigenvalue weighted by Crippen LogP contribution is -1.89. The van der Waals surface area contributed by atoms with E-state index in [2.05, 4.69) is 54.7 Å². The maximum absolute atomic E-state index is 4.95. The van der Waals surface area contributed by atoms with Gasteiger partial charge in [-0.15, -0.1) is 0 Å². The van der Waals surface area contributed by atoms with Gasteiger partial charge < -0.3 is 0 Å². The summed E-state index contributed by atoms with van der Waals surface area (Å²) in [6.45, 7) is 6.59. The fourth-order valence-corrected chi connectivity index (χ4v) is 9.86.